The third-order valence-electron chi connectivity index (χ3n) is 6.24. The van der Waals surface area contributed by atoms with E-state index in [-0.39, 0.29) is 33.5 Å². The van der Waals surface area contributed by atoms with E-state index in [1.165, 1.54) is 24.3 Å². The van der Waals surface area contributed by atoms with Gasteiger partial charge < -0.3 is 10.2 Å². The van der Waals surface area contributed by atoms with Gasteiger partial charge in [0.25, 0.3) is 0 Å². The monoisotopic (exact) mass is 470 g/mol. The smallest absolute Gasteiger partial charge is 0.339 e. The zero-order valence-electron chi connectivity index (χ0n) is 16.8. The van der Waals surface area contributed by atoms with Gasteiger partial charge in [-0.1, -0.05) is 41.4 Å². The number of piperidine rings is 1. The molecule has 1 atom stereocenters. The van der Waals surface area contributed by atoms with E-state index >= 15 is 0 Å². The molecular weight excluding hydrogens is 448 g/mol. The maximum Gasteiger partial charge on any atom is 0.417 e. The number of hydrogen-bond donors (Lipinski definition) is 1. The number of alkyl halides is 3. The first-order valence-corrected chi connectivity index (χ1v) is 11.2. The van der Waals surface area contributed by atoms with Crippen LogP contribution in [0.2, 0.25) is 10.0 Å². The van der Waals surface area contributed by atoms with Gasteiger partial charge in [-0.3, -0.25) is 4.79 Å². The number of carbonyl (C=O) groups excluding carboxylic acids is 1. The van der Waals surface area contributed by atoms with Crippen LogP contribution in [0.4, 0.5) is 13.2 Å². The maximum absolute atomic E-state index is 13.4. The van der Waals surface area contributed by atoms with Crippen LogP contribution in [0, 0.1) is 5.92 Å². The van der Waals surface area contributed by atoms with E-state index in [1.54, 1.807) is 6.07 Å². The van der Waals surface area contributed by atoms with E-state index in [0.717, 1.165) is 45.0 Å². The van der Waals surface area contributed by atoms with Crippen molar-refractivity contribution in [2.45, 2.75) is 37.9 Å². The van der Waals surface area contributed by atoms with Gasteiger partial charge >= 0.3 is 6.18 Å². The lowest BCUT2D eigenvalue weighted by atomic mass is 9.94. The molecule has 0 radical (unpaired) electrons. The summed E-state index contributed by atoms with van der Waals surface area (Å²) in [6.07, 6.45) is -1.46. The highest BCUT2D eigenvalue weighted by Gasteiger charge is 2.37. The summed E-state index contributed by atoms with van der Waals surface area (Å²) < 4.78 is 40.2. The first-order chi connectivity index (χ1) is 14.8. The molecule has 2 heterocycles. The Kier molecular flexibility index (Phi) is 6.52. The Hall–Kier alpha value is -1.76. The van der Waals surface area contributed by atoms with Crippen LogP contribution in [-0.4, -0.2) is 36.5 Å². The second kappa shape index (κ2) is 9.00. The van der Waals surface area contributed by atoms with Crippen LogP contribution >= 0.6 is 23.2 Å². The van der Waals surface area contributed by atoms with E-state index in [4.69, 9.17) is 23.2 Å². The van der Waals surface area contributed by atoms with Crippen LogP contribution in [0.5, 0.6) is 0 Å². The Labute approximate surface area is 189 Å². The summed E-state index contributed by atoms with van der Waals surface area (Å²) in [7, 11) is 0. The molecular formula is C23H23Cl2F3N2O. The van der Waals surface area contributed by atoms with Crippen LogP contribution in [0.1, 0.15) is 30.4 Å². The number of likely N-dealkylation sites (tertiary alicyclic amines) is 1. The normalized spacial score (nSPS) is 20.5. The maximum atomic E-state index is 13.4. The number of nitrogens with zero attached hydrogens (tertiary/aromatic N) is 1. The van der Waals surface area contributed by atoms with Crippen molar-refractivity contribution in [1.29, 1.82) is 0 Å². The number of benzene rings is 2. The number of halogens is 5. The standard InChI is InChI=1S/C23H23Cl2F3N2O/c24-20-12-15(17-3-1-2-4-19(17)23(26,27)28)13-21(25)18(20)11-14-7-10-30(22(14)31)16-5-8-29-9-6-16/h1-4,12-14,16,29H,5-11H2. The number of amides is 1. The lowest BCUT2D eigenvalue weighted by molar-refractivity contribution is -0.137. The molecule has 2 aromatic carbocycles. The number of carbonyl (C=O) groups is 1. The molecule has 2 aliphatic rings. The van der Waals surface area contributed by atoms with Crippen molar-refractivity contribution in [2.75, 3.05) is 19.6 Å². The van der Waals surface area contributed by atoms with Crippen molar-refractivity contribution in [3.05, 3.63) is 57.6 Å². The minimum Gasteiger partial charge on any atom is -0.339 e. The Morgan fingerprint density at radius 3 is 2.32 bits per heavy atom. The van der Waals surface area contributed by atoms with E-state index in [9.17, 15) is 18.0 Å². The highest BCUT2D eigenvalue weighted by molar-refractivity contribution is 6.36. The molecule has 0 spiro atoms. The molecule has 4 rings (SSSR count). The molecule has 0 bridgehead atoms. The van der Waals surface area contributed by atoms with Gasteiger partial charge in [-0.05, 0) is 73.7 Å². The molecule has 0 saturated carbocycles. The molecule has 2 aromatic rings. The molecule has 8 heteroatoms. The summed E-state index contributed by atoms with van der Waals surface area (Å²) in [5.74, 6) is -0.0938. The van der Waals surface area contributed by atoms with Gasteiger partial charge in [0.2, 0.25) is 5.91 Å². The quantitative estimate of drug-likeness (QED) is 0.610. The Morgan fingerprint density at radius 1 is 1.03 bits per heavy atom. The molecule has 0 aromatic heterocycles. The predicted octanol–water partition coefficient (Wildman–Crippen LogP) is 5.82. The van der Waals surface area contributed by atoms with Gasteiger partial charge in [0.1, 0.15) is 0 Å². The summed E-state index contributed by atoms with van der Waals surface area (Å²) in [4.78, 5) is 14.9. The lowest BCUT2D eigenvalue weighted by Crippen LogP contribution is -2.44. The van der Waals surface area contributed by atoms with E-state index < -0.39 is 11.7 Å². The Balaban J connectivity index is 1.56. The number of rotatable bonds is 4. The summed E-state index contributed by atoms with van der Waals surface area (Å²) >= 11 is 12.9. The average Bonchev–Trinajstić information content (AvgIpc) is 3.10. The molecule has 2 saturated heterocycles. The van der Waals surface area contributed by atoms with Crippen molar-refractivity contribution in [3.8, 4) is 11.1 Å². The minimum absolute atomic E-state index is 0.0272. The lowest BCUT2D eigenvalue weighted by Gasteiger charge is -2.31. The third-order valence-corrected chi connectivity index (χ3v) is 6.91. The van der Waals surface area contributed by atoms with Gasteiger partial charge in [0, 0.05) is 28.5 Å². The molecule has 2 aliphatic heterocycles. The fraction of sp³-hybridized carbons (Fsp3) is 0.435. The van der Waals surface area contributed by atoms with Gasteiger partial charge in [-0.15, -0.1) is 0 Å². The molecule has 166 valence electrons. The average molecular weight is 471 g/mol. The molecule has 1 N–H and O–H groups in total. The second-order valence-electron chi connectivity index (χ2n) is 8.16. The topological polar surface area (TPSA) is 32.3 Å². The minimum atomic E-state index is -4.48. The number of nitrogens with one attached hydrogen (secondary N) is 1. The predicted molar refractivity (Wildman–Crippen MR) is 116 cm³/mol. The molecule has 31 heavy (non-hydrogen) atoms. The van der Waals surface area contributed by atoms with Gasteiger partial charge in [0.15, 0.2) is 0 Å². The summed E-state index contributed by atoms with van der Waals surface area (Å²) in [6.45, 7) is 2.55. The molecule has 1 amide bonds. The summed E-state index contributed by atoms with van der Waals surface area (Å²) in [5.41, 5.74) is 0.209. The van der Waals surface area contributed by atoms with Crippen molar-refractivity contribution in [1.82, 2.24) is 10.2 Å². The Bertz CT molecular complexity index is 951. The zero-order valence-corrected chi connectivity index (χ0v) is 18.3. The van der Waals surface area contributed by atoms with Crippen molar-refractivity contribution >= 4 is 29.1 Å². The van der Waals surface area contributed by atoms with Gasteiger partial charge in [-0.25, -0.2) is 0 Å². The highest BCUT2D eigenvalue weighted by Crippen LogP contribution is 2.40. The van der Waals surface area contributed by atoms with Crippen LogP contribution in [0.3, 0.4) is 0 Å². The van der Waals surface area contributed by atoms with Crippen molar-refractivity contribution < 1.29 is 18.0 Å². The second-order valence-corrected chi connectivity index (χ2v) is 8.98. The third kappa shape index (κ3) is 4.71. The van der Waals surface area contributed by atoms with Gasteiger partial charge in [0.05, 0.1) is 5.56 Å². The molecule has 1 unspecified atom stereocenters. The SMILES string of the molecule is O=C1C(Cc2c(Cl)cc(-c3ccccc3C(F)(F)F)cc2Cl)CCN1C1CCNCC1. The highest BCUT2D eigenvalue weighted by atomic mass is 35.5. The van der Waals surface area contributed by atoms with Crippen LogP contribution in [0.15, 0.2) is 36.4 Å². The van der Waals surface area contributed by atoms with E-state index in [2.05, 4.69) is 5.32 Å². The van der Waals surface area contributed by atoms with Crippen LogP contribution in [0.25, 0.3) is 11.1 Å². The van der Waals surface area contributed by atoms with Crippen molar-refractivity contribution in [3.63, 3.8) is 0 Å². The van der Waals surface area contributed by atoms with Crippen LogP contribution < -0.4 is 5.32 Å². The Morgan fingerprint density at radius 2 is 1.68 bits per heavy atom. The molecule has 2 fully saturated rings. The molecule has 3 nitrogen and oxygen atoms in total. The summed E-state index contributed by atoms with van der Waals surface area (Å²) in [5, 5.41) is 3.88. The van der Waals surface area contributed by atoms with Crippen LogP contribution in [-0.2, 0) is 17.4 Å². The molecule has 0 aliphatic carbocycles. The van der Waals surface area contributed by atoms with Gasteiger partial charge in [-0.2, -0.15) is 13.2 Å². The first-order valence-electron chi connectivity index (χ1n) is 10.4. The largest absolute Gasteiger partial charge is 0.417 e. The fourth-order valence-electron chi connectivity index (χ4n) is 4.62. The van der Waals surface area contributed by atoms with Crippen molar-refractivity contribution in [2.24, 2.45) is 5.92 Å². The van der Waals surface area contributed by atoms with E-state index in [1.807, 2.05) is 4.90 Å². The first kappa shape index (κ1) is 22.4. The van der Waals surface area contributed by atoms with E-state index in [0.29, 0.717) is 17.5 Å². The summed E-state index contributed by atoms with van der Waals surface area (Å²) in [6, 6.07) is 8.64. The zero-order chi connectivity index (χ0) is 22.2. The fourth-order valence-corrected chi connectivity index (χ4v) is 5.26. The number of hydrogen-bond acceptors (Lipinski definition) is 2.